The summed E-state index contributed by atoms with van der Waals surface area (Å²) in [5, 5.41) is 4.97. The number of hydrogen-bond acceptors (Lipinski definition) is 9. The quantitative estimate of drug-likeness (QED) is 0.321. The van der Waals surface area contributed by atoms with Gasteiger partial charge in [-0.05, 0) is 30.7 Å². The normalized spacial score (nSPS) is 18.1. The third kappa shape index (κ3) is 5.91. The molecule has 3 N–H and O–H groups in total. The van der Waals surface area contributed by atoms with E-state index in [2.05, 4.69) is 15.3 Å². The van der Waals surface area contributed by atoms with Crippen LogP contribution in [0.2, 0.25) is 5.02 Å². The molecule has 40 heavy (non-hydrogen) atoms. The number of pyridine rings is 2. The molecule has 1 atom stereocenters. The molecule has 3 saturated heterocycles. The highest BCUT2D eigenvalue weighted by Crippen LogP contribution is 2.34. The number of carbonyl (C=O) groups excluding carboxylic acids is 2. The predicted molar refractivity (Wildman–Crippen MR) is 158 cm³/mol. The van der Waals surface area contributed by atoms with Crippen molar-refractivity contribution in [2.75, 3.05) is 44.6 Å². The van der Waals surface area contributed by atoms with Crippen LogP contribution in [0.4, 0.5) is 5.82 Å². The Balaban J connectivity index is 0.000000162. The van der Waals surface area contributed by atoms with E-state index in [4.69, 9.17) is 17.3 Å². The molecule has 5 heterocycles. The molecule has 0 radical (unpaired) electrons. The highest BCUT2D eigenvalue weighted by Gasteiger charge is 2.43. The zero-order chi connectivity index (χ0) is 27.1. The van der Waals surface area contributed by atoms with Gasteiger partial charge in [-0.15, -0.1) is 12.4 Å². The molecule has 3 fully saturated rings. The van der Waals surface area contributed by atoms with Crippen LogP contribution in [0.5, 0.6) is 0 Å². The van der Waals surface area contributed by atoms with Crippen LogP contribution in [0.25, 0.3) is 10.9 Å². The molecule has 4 aliphatic rings. The topological polar surface area (TPSA) is 107 Å². The number of aromatic nitrogens is 2. The van der Waals surface area contributed by atoms with Gasteiger partial charge in [0.2, 0.25) is 11.6 Å². The minimum absolute atomic E-state index is 0. The third-order valence-electron chi connectivity index (χ3n) is 6.99. The highest BCUT2D eigenvalue weighted by atomic mass is 35.5. The van der Waals surface area contributed by atoms with Gasteiger partial charge in [0, 0.05) is 81.3 Å². The van der Waals surface area contributed by atoms with Gasteiger partial charge in [0.1, 0.15) is 17.2 Å². The van der Waals surface area contributed by atoms with E-state index < -0.39 is 0 Å². The number of halogens is 2. The summed E-state index contributed by atoms with van der Waals surface area (Å²) in [6.07, 6.45) is 5.10. The van der Waals surface area contributed by atoms with Crippen molar-refractivity contribution in [2.24, 2.45) is 5.73 Å². The molecule has 3 aromatic rings. The lowest BCUT2D eigenvalue weighted by Gasteiger charge is -2.21. The Labute approximate surface area is 244 Å². The number of nitrogens with one attached hydrogen (secondary N) is 1. The number of hydrogen-bond donors (Lipinski definition) is 2. The van der Waals surface area contributed by atoms with E-state index in [0.717, 1.165) is 67.1 Å². The molecule has 0 saturated carbocycles. The molecule has 1 aromatic carbocycles. The Hall–Kier alpha value is -3.66. The zero-order valence-corrected chi connectivity index (χ0v) is 23.7. The van der Waals surface area contributed by atoms with Crippen LogP contribution in [0, 0.1) is 0 Å². The molecule has 0 unspecified atom stereocenters. The number of ketones is 2. The number of Topliss-reactive ketones (excluding diaryl/α,β-unsaturated/α-hetero) is 1. The lowest BCUT2D eigenvalue weighted by Crippen LogP contribution is -2.29. The maximum absolute atomic E-state index is 12.4. The van der Waals surface area contributed by atoms with Crippen LogP contribution in [0.15, 0.2) is 72.0 Å². The first kappa shape index (κ1) is 27.9. The second kappa shape index (κ2) is 11.4. The summed E-state index contributed by atoms with van der Waals surface area (Å²) in [4.78, 5) is 39.2. The van der Waals surface area contributed by atoms with Gasteiger partial charge >= 0.3 is 0 Å². The first-order chi connectivity index (χ1) is 18.9. The Bertz CT molecular complexity index is 1510. The Morgan fingerprint density at radius 1 is 1.00 bits per heavy atom. The van der Waals surface area contributed by atoms with Crippen molar-refractivity contribution < 1.29 is 9.59 Å². The summed E-state index contributed by atoms with van der Waals surface area (Å²) in [6, 6.07) is 11.6. The van der Waals surface area contributed by atoms with Gasteiger partial charge in [-0.2, -0.15) is 0 Å². The average molecular weight is 581 g/mol. The Kier molecular flexibility index (Phi) is 7.98. The van der Waals surface area contributed by atoms with Gasteiger partial charge < -0.3 is 25.8 Å². The number of nitrogens with zero attached hydrogens (tertiary/aromatic N) is 5. The number of nitrogens with two attached hydrogens (primary N) is 1. The van der Waals surface area contributed by atoms with Crippen molar-refractivity contribution in [2.45, 2.75) is 19.5 Å². The maximum Gasteiger partial charge on any atom is 0.227 e. The van der Waals surface area contributed by atoms with Gasteiger partial charge in [-0.1, -0.05) is 29.8 Å². The van der Waals surface area contributed by atoms with Crippen molar-refractivity contribution in [3.05, 3.63) is 88.1 Å². The minimum Gasteiger partial charge on any atom is -0.366 e. The summed E-state index contributed by atoms with van der Waals surface area (Å²) in [5.74, 6) is 0.812. The van der Waals surface area contributed by atoms with E-state index in [1.165, 1.54) is 6.08 Å². The number of anilines is 1. The molecule has 0 amide bonds. The number of benzene rings is 1. The molecule has 2 aromatic heterocycles. The second-order valence-corrected chi connectivity index (χ2v) is 10.5. The van der Waals surface area contributed by atoms with Crippen molar-refractivity contribution in [3.8, 4) is 0 Å². The first-order valence-corrected chi connectivity index (χ1v) is 13.6. The number of fused-ring (bicyclic) bond motifs is 1. The molecule has 9 nitrogen and oxygen atoms in total. The first-order valence-electron chi connectivity index (χ1n) is 13.2. The van der Waals surface area contributed by atoms with Crippen molar-refractivity contribution in [1.29, 1.82) is 0 Å². The van der Waals surface area contributed by atoms with Crippen LogP contribution < -0.4 is 11.1 Å². The smallest absolute Gasteiger partial charge is 0.227 e. The molecule has 1 aliphatic carbocycles. The molecular weight excluding hydrogens is 549 g/mol. The van der Waals surface area contributed by atoms with Crippen molar-refractivity contribution in [1.82, 2.24) is 24.7 Å². The number of rotatable bonds is 7. The maximum atomic E-state index is 12.4. The number of para-hydroxylation sites is 1. The average Bonchev–Trinajstić information content (AvgIpc) is 3.75. The van der Waals surface area contributed by atoms with Crippen LogP contribution in [-0.2, 0) is 16.1 Å². The number of allylic oxidation sites excluding steroid dienone is 1. The van der Waals surface area contributed by atoms with E-state index in [1.54, 1.807) is 6.20 Å². The molecule has 3 aliphatic heterocycles. The molecule has 7 rings (SSSR count). The summed E-state index contributed by atoms with van der Waals surface area (Å²) < 4.78 is 0. The predicted octanol–water partition coefficient (Wildman–Crippen LogP) is 3.52. The van der Waals surface area contributed by atoms with Crippen molar-refractivity contribution in [3.63, 3.8) is 0 Å². The lowest BCUT2D eigenvalue weighted by atomic mass is 10.0. The second-order valence-electron chi connectivity index (χ2n) is 10.1. The van der Waals surface area contributed by atoms with Crippen LogP contribution in [0.3, 0.4) is 0 Å². The summed E-state index contributed by atoms with van der Waals surface area (Å²) in [5.41, 5.74) is 10.8. The van der Waals surface area contributed by atoms with Gasteiger partial charge in [-0.25, -0.2) is 4.98 Å². The van der Waals surface area contributed by atoms with E-state index in [1.807, 2.05) is 64.2 Å². The molecule has 208 valence electrons. The fraction of sp³-hybridized carbons (Fsp3) is 0.310. The van der Waals surface area contributed by atoms with Crippen LogP contribution in [-0.4, -0.2) is 75.5 Å². The minimum atomic E-state index is -0.118. The molecular formula is C29H31Cl2N7O2. The fourth-order valence-electron chi connectivity index (χ4n) is 4.63. The van der Waals surface area contributed by atoms with Gasteiger partial charge in [-0.3, -0.25) is 14.6 Å². The van der Waals surface area contributed by atoms with Gasteiger partial charge in [0.15, 0.2) is 0 Å². The SMILES string of the molecule is C[C@H](N)c1cc2cccc(Cl)c2nc1NCc1cccnc1.Cl.O=C1C=C(N2CC2)C(=O)C(N2CC2)=C1N1CC1. The lowest BCUT2D eigenvalue weighted by molar-refractivity contribution is -0.117. The molecule has 0 spiro atoms. The van der Waals surface area contributed by atoms with Crippen LogP contribution in [0.1, 0.15) is 24.1 Å². The highest BCUT2D eigenvalue weighted by molar-refractivity contribution is 6.35. The largest absolute Gasteiger partial charge is 0.366 e. The Morgan fingerprint density at radius 3 is 2.33 bits per heavy atom. The summed E-state index contributed by atoms with van der Waals surface area (Å²) >= 11 is 6.25. The van der Waals surface area contributed by atoms with E-state index in [9.17, 15) is 9.59 Å². The summed E-state index contributed by atoms with van der Waals surface area (Å²) in [6.45, 7) is 7.99. The van der Waals surface area contributed by atoms with E-state index in [-0.39, 0.29) is 30.0 Å². The fourth-order valence-corrected chi connectivity index (χ4v) is 4.86. The molecule has 0 bridgehead atoms. The van der Waals surface area contributed by atoms with E-state index >= 15 is 0 Å². The third-order valence-corrected chi connectivity index (χ3v) is 7.29. The van der Waals surface area contributed by atoms with Crippen LogP contribution >= 0.6 is 24.0 Å². The van der Waals surface area contributed by atoms with Gasteiger partial charge in [0.05, 0.1) is 16.2 Å². The van der Waals surface area contributed by atoms with Crippen molar-refractivity contribution >= 4 is 52.3 Å². The Morgan fingerprint density at radius 2 is 1.70 bits per heavy atom. The van der Waals surface area contributed by atoms with Gasteiger partial charge in [0.25, 0.3) is 0 Å². The number of carbonyl (C=O) groups is 2. The monoisotopic (exact) mass is 579 g/mol. The summed E-state index contributed by atoms with van der Waals surface area (Å²) in [7, 11) is 0. The molecule has 11 heteroatoms. The zero-order valence-electron chi connectivity index (χ0n) is 22.1. The van der Waals surface area contributed by atoms with E-state index in [0.29, 0.717) is 28.7 Å². The standard InChI is InChI=1S/C17H17ClN4.C12H13N3O2.ClH/c1-11(19)14-8-13-5-2-6-15(18)16(13)22-17(14)21-10-12-4-3-7-20-9-12;16-9-7-8(13-1-2-13)12(17)11(15-5-6-15)10(9)14-3-4-14;/h2-9,11H,10,19H2,1H3,(H,21,22);7H,1-6H2;1H/t11-;;/m0../s1.